The van der Waals surface area contributed by atoms with Gasteiger partial charge < -0.3 is 10.3 Å². The average molecular weight is 210 g/mol. The summed E-state index contributed by atoms with van der Waals surface area (Å²) >= 11 is 0. The van der Waals surface area contributed by atoms with E-state index in [2.05, 4.69) is 5.16 Å². The van der Waals surface area contributed by atoms with Crippen LogP contribution in [-0.4, -0.2) is 5.16 Å². The van der Waals surface area contributed by atoms with Crippen LogP contribution in [0.15, 0.2) is 28.8 Å². The number of halogens is 2. The van der Waals surface area contributed by atoms with E-state index in [4.69, 9.17) is 10.3 Å². The van der Waals surface area contributed by atoms with Gasteiger partial charge >= 0.3 is 0 Å². The molecule has 0 aliphatic carbocycles. The highest BCUT2D eigenvalue weighted by Gasteiger charge is 2.11. The van der Waals surface area contributed by atoms with Crippen LogP contribution in [0.2, 0.25) is 0 Å². The van der Waals surface area contributed by atoms with Crippen molar-refractivity contribution in [3.05, 3.63) is 41.6 Å². The van der Waals surface area contributed by atoms with Crippen LogP contribution in [0, 0.1) is 11.6 Å². The molecule has 2 aromatic rings. The first kappa shape index (κ1) is 9.79. The first-order chi connectivity index (χ1) is 7.20. The van der Waals surface area contributed by atoms with Gasteiger partial charge in [0.1, 0.15) is 11.6 Å². The number of hydrogen-bond donors (Lipinski definition) is 1. The zero-order chi connectivity index (χ0) is 10.8. The van der Waals surface area contributed by atoms with Crippen LogP contribution < -0.4 is 5.73 Å². The lowest BCUT2D eigenvalue weighted by atomic mass is 10.1. The molecule has 0 saturated heterocycles. The summed E-state index contributed by atoms with van der Waals surface area (Å²) in [6.07, 6.45) is 0. The number of hydrogen-bond acceptors (Lipinski definition) is 3. The largest absolute Gasteiger partial charge is 0.356 e. The molecule has 15 heavy (non-hydrogen) atoms. The van der Waals surface area contributed by atoms with Gasteiger partial charge in [-0.25, -0.2) is 8.78 Å². The fourth-order valence-corrected chi connectivity index (χ4v) is 1.22. The van der Waals surface area contributed by atoms with Crippen molar-refractivity contribution in [2.24, 2.45) is 5.73 Å². The van der Waals surface area contributed by atoms with Crippen LogP contribution in [0.3, 0.4) is 0 Å². The van der Waals surface area contributed by atoms with Crippen LogP contribution in [0.25, 0.3) is 11.3 Å². The Labute approximate surface area is 84.5 Å². The molecule has 0 radical (unpaired) electrons. The van der Waals surface area contributed by atoms with Crippen molar-refractivity contribution in [1.82, 2.24) is 5.16 Å². The van der Waals surface area contributed by atoms with Gasteiger partial charge in [-0.15, -0.1) is 0 Å². The Morgan fingerprint density at radius 2 is 2.07 bits per heavy atom. The predicted molar refractivity (Wildman–Crippen MR) is 49.7 cm³/mol. The van der Waals surface area contributed by atoms with Crippen molar-refractivity contribution in [2.75, 3.05) is 0 Å². The second kappa shape index (κ2) is 3.78. The van der Waals surface area contributed by atoms with Crippen molar-refractivity contribution < 1.29 is 13.3 Å². The van der Waals surface area contributed by atoms with Gasteiger partial charge in [0, 0.05) is 18.7 Å². The molecule has 78 valence electrons. The standard InChI is InChI=1S/C10H8F2N2O/c11-6-1-2-8(9(12)3-6)10-4-7(5-13)14-15-10/h1-4H,5,13H2. The summed E-state index contributed by atoms with van der Waals surface area (Å²) < 4.78 is 30.8. The van der Waals surface area contributed by atoms with E-state index in [1.54, 1.807) is 0 Å². The van der Waals surface area contributed by atoms with E-state index in [1.165, 1.54) is 12.1 Å². The first-order valence-electron chi connectivity index (χ1n) is 4.32. The van der Waals surface area contributed by atoms with E-state index >= 15 is 0 Å². The van der Waals surface area contributed by atoms with Gasteiger partial charge in [0.2, 0.25) is 0 Å². The summed E-state index contributed by atoms with van der Waals surface area (Å²) in [5, 5.41) is 3.61. The summed E-state index contributed by atoms with van der Waals surface area (Å²) in [5.41, 5.74) is 6.02. The van der Waals surface area contributed by atoms with Gasteiger partial charge in [-0.2, -0.15) is 0 Å². The van der Waals surface area contributed by atoms with Gasteiger partial charge in [0.15, 0.2) is 5.76 Å². The summed E-state index contributed by atoms with van der Waals surface area (Å²) in [5.74, 6) is -1.07. The Morgan fingerprint density at radius 1 is 1.27 bits per heavy atom. The zero-order valence-corrected chi connectivity index (χ0v) is 7.71. The number of rotatable bonds is 2. The zero-order valence-electron chi connectivity index (χ0n) is 7.71. The molecule has 2 rings (SSSR count). The van der Waals surface area contributed by atoms with E-state index in [1.807, 2.05) is 0 Å². The second-order valence-electron chi connectivity index (χ2n) is 3.01. The van der Waals surface area contributed by atoms with E-state index < -0.39 is 11.6 Å². The predicted octanol–water partition coefficient (Wildman–Crippen LogP) is 2.08. The molecule has 3 nitrogen and oxygen atoms in total. The van der Waals surface area contributed by atoms with Gasteiger partial charge in [0.05, 0.1) is 11.3 Å². The molecule has 0 unspecified atom stereocenters. The third kappa shape index (κ3) is 1.87. The van der Waals surface area contributed by atoms with Gasteiger partial charge in [0.25, 0.3) is 0 Å². The molecule has 0 aliphatic heterocycles. The molecule has 2 N–H and O–H groups in total. The molecule has 0 aliphatic rings. The SMILES string of the molecule is NCc1cc(-c2ccc(F)cc2F)on1. The molecule has 1 aromatic carbocycles. The van der Waals surface area contributed by atoms with Crippen molar-refractivity contribution in [1.29, 1.82) is 0 Å². The third-order valence-corrected chi connectivity index (χ3v) is 1.96. The van der Waals surface area contributed by atoms with Crippen molar-refractivity contribution >= 4 is 0 Å². The normalized spacial score (nSPS) is 10.6. The average Bonchev–Trinajstić information content (AvgIpc) is 2.66. The van der Waals surface area contributed by atoms with Gasteiger partial charge in [-0.05, 0) is 12.1 Å². The first-order valence-corrected chi connectivity index (χ1v) is 4.32. The Bertz CT molecular complexity index is 482. The third-order valence-electron chi connectivity index (χ3n) is 1.96. The summed E-state index contributed by atoms with van der Waals surface area (Å²) in [6, 6.07) is 4.77. The topological polar surface area (TPSA) is 52.0 Å². The minimum Gasteiger partial charge on any atom is -0.356 e. The fourth-order valence-electron chi connectivity index (χ4n) is 1.22. The molecule has 5 heteroatoms. The lowest BCUT2D eigenvalue weighted by Crippen LogP contribution is -1.94. The maximum Gasteiger partial charge on any atom is 0.170 e. The molecule has 0 fully saturated rings. The summed E-state index contributed by atoms with van der Waals surface area (Å²) in [6.45, 7) is 0.215. The highest BCUT2D eigenvalue weighted by molar-refractivity contribution is 5.58. The van der Waals surface area contributed by atoms with Crippen LogP contribution in [0.4, 0.5) is 8.78 Å². The quantitative estimate of drug-likeness (QED) is 0.825. The van der Waals surface area contributed by atoms with Crippen molar-refractivity contribution in [3.63, 3.8) is 0 Å². The van der Waals surface area contributed by atoms with E-state index in [0.29, 0.717) is 5.69 Å². The monoisotopic (exact) mass is 210 g/mol. The Hall–Kier alpha value is -1.75. The molecule has 0 spiro atoms. The minimum atomic E-state index is -0.685. The molecule has 0 atom stereocenters. The lowest BCUT2D eigenvalue weighted by molar-refractivity contribution is 0.421. The highest BCUT2D eigenvalue weighted by atomic mass is 19.1. The molecule has 1 heterocycles. The number of benzene rings is 1. The molecule has 1 aromatic heterocycles. The number of nitrogens with zero attached hydrogens (tertiary/aromatic N) is 1. The fraction of sp³-hybridized carbons (Fsp3) is 0.100. The highest BCUT2D eigenvalue weighted by Crippen LogP contribution is 2.23. The van der Waals surface area contributed by atoms with Crippen LogP contribution in [0.5, 0.6) is 0 Å². The van der Waals surface area contributed by atoms with E-state index in [-0.39, 0.29) is 17.9 Å². The van der Waals surface area contributed by atoms with Crippen molar-refractivity contribution in [2.45, 2.75) is 6.54 Å². The maximum absolute atomic E-state index is 13.3. The number of nitrogens with two attached hydrogens (primary N) is 1. The van der Waals surface area contributed by atoms with Crippen LogP contribution in [-0.2, 0) is 6.54 Å². The minimum absolute atomic E-state index is 0.170. The van der Waals surface area contributed by atoms with E-state index in [9.17, 15) is 8.78 Å². The second-order valence-corrected chi connectivity index (χ2v) is 3.01. The lowest BCUT2D eigenvalue weighted by Gasteiger charge is -1.97. The molecular weight excluding hydrogens is 202 g/mol. The number of aromatic nitrogens is 1. The Morgan fingerprint density at radius 3 is 2.67 bits per heavy atom. The maximum atomic E-state index is 13.3. The summed E-state index contributed by atoms with van der Waals surface area (Å²) in [4.78, 5) is 0. The smallest absolute Gasteiger partial charge is 0.170 e. The van der Waals surface area contributed by atoms with Crippen LogP contribution >= 0.6 is 0 Å². The van der Waals surface area contributed by atoms with Crippen LogP contribution in [0.1, 0.15) is 5.69 Å². The van der Waals surface area contributed by atoms with Crippen molar-refractivity contribution in [3.8, 4) is 11.3 Å². The molecule has 0 amide bonds. The Kier molecular flexibility index (Phi) is 2.47. The van der Waals surface area contributed by atoms with Gasteiger partial charge in [-0.1, -0.05) is 5.16 Å². The molecule has 0 bridgehead atoms. The molecule has 0 saturated carbocycles. The molecular formula is C10H8F2N2O. The Balaban J connectivity index is 2.44. The van der Waals surface area contributed by atoms with Gasteiger partial charge in [-0.3, -0.25) is 0 Å². The van der Waals surface area contributed by atoms with E-state index in [0.717, 1.165) is 12.1 Å². The summed E-state index contributed by atoms with van der Waals surface area (Å²) in [7, 11) is 0.